The summed E-state index contributed by atoms with van der Waals surface area (Å²) in [6, 6.07) is 0. The summed E-state index contributed by atoms with van der Waals surface area (Å²) in [6.45, 7) is 10.4. The first-order valence-corrected chi connectivity index (χ1v) is 7.46. The van der Waals surface area contributed by atoms with Gasteiger partial charge in [-0.3, -0.25) is 0 Å². The van der Waals surface area contributed by atoms with E-state index in [2.05, 4.69) is 41.6 Å². The first-order chi connectivity index (χ1) is 7.50. The SMILES string of the molecule is COC1(C)CCCN(CC(CBr)C(C)C)C1. The van der Waals surface area contributed by atoms with E-state index in [1.807, 2.05) is 7.11 Å². The molecule has 2 atom stereocenters. The molecule has 0 radical (unpaired) electrons. The Balaban J connectivity index is 2.48. The summed E-state index contributed by atoms with van der Waals surface area (Å²) in [7, 11) is 1.84. The number of likely N-dealkylation sites (tertiary alicyclic amines) is 1. The van der Waals surface area contributed by atoms with Gasteiger partial charge in [0.1, 0.15) is 0 Å². The summed E-state index contributed by atoms with van der Waals surface area (Å²) < 4.78 is 5.63. The molecule has 1 heterocycles. The molecule has 1 rings (SSSR count). The zero-order valence-corrected chi connectivity index (χ0v) is 12.7. The number of methoxy groups -OCH3 is 1. The van der Waals surface area contributed by atoms with E-state index in [1.54, 1.807) is 0 Å². The number of hydrogen-bond donors (Lipinski definition) is 0. The first kappa shape index (κ1) is 14.5. The second-order valence-corrected chi connectivity index (χ2v) is 6.30. The van der Waals surface area contributed by atoms with E-state index in [0.29, 0.717) is 0 Å². The van der Waals surface area contributed by atoms with E-state index in [4.69, 9.17) is 4.74 Å². The molecule has 1 fully saturated rings. The number of nitrogens with zero attached hydrogens (tertiary/aromatic N) is 1. The molecular weight excluding hydrogens is 266 g/mol. The molecule has 0 amide bonds. The Bertz CT molecular complexity index is 210. The van der Waals surface area contributed by atoms with E-state index < -0.39 is 0 Å². The average Bonchev–Trinajstić information content (AvgIpc) is 2.25. The van der Waals surface area contributed by atoms with Gasteiger partial charge in [0, 0.05) is 25.5 Å². The van der Waals surface area contributed by atoms with Gasteiger partial charge in [-0.1, -0.05) is 29.8 Å². The minimum absolute atomic E-state index is 0.0755. The lowest BCUT2D eigenvalue weighted by Gasteiger charge is -2.41. The van der Waals surface area contributed by atoms with Crippen molar-refractivity contribution in [1.82, 2.24) is 4.90 Å². The molecule has 1 aliphatic rings. The van der Waals surface area contributed by atoms with E-state index in [-0.39, 0.29) is 5.60 Å². The van der Waals surface area contributed by atoms with E-state index in [1.165, 1.54) is 25.9 Å². The lowest BCUT2D eigenvalue weighted by atomic mass is 9.92. The lowest BCUT2D eigenvalue weighted by molar-refractivity contribution is -0.0541. The van der Waals surface area contributed by atoms with Gasteiger partial charge in [0.25, 0.3) is 0 Å². The van der Waals surface area contributed by atoms with Crippen molar-refractivity contribution in [2.45, 2.75) is 39.2 Å². The number of hydrogen-bond acceptors (Lipinski definition) is 2. The molecule has 0 aromatic rings. The predicted octanol–water partition coefficient (Wildman–Crippen LogP) is 3.15. The minimum atomic E-state index is 0.0755. The van der Waals surface area contributed by atoms with Crippen LogP contribution in [0, 0.1) is 11.8 Å². The Morgan fingerprint density at radius 2 is 2.12 bits per heavy atom. The molecule has 3 heteroatoms. The van der Waals surface area contributed by atoms with Gasteiger partial charge in [-0.05, 0) is 38.1 Å². The van der Waals surface area contributed by atoms with Crippen LogP contribution in [0.15, 0.2) is 0 Å². The van der Waals surface area contributed by atoms with Crippen molar-refractivity contribution >= 4 is 15.9 Å². The number of halogens is 1. The Hall–Kier alpha value is 0.400. The molecule has 0 N–H and O–H groups in total. The van der Waals surface area contributed by atoms with Gasteiger partial charge < -0.3 is 9.64 Å². The molecule has 16 heavy (non-hydrogen) atoms. The largest absolute Gasteiger partial charge is 0.377 e. The van der Waals surface area contributed by atoms with Gasteiger partial charge in [0.05, 0.1) is 5.60 Å². The zero-order valence-electron chi connectivity index (χ0n) is 11.1. The van der Waals surface area contributed by atoms with Crippen LogP contribution in [-0.4, -0.2) is 42.6 Å². The van der Waals surface area contributed by atoms with Crippen molar-refractivity contribution in [3.63, 3.8) is 0 Å². The highest BCUT2D eigenvalue weighted by Gasteiger charge is 2.31. The standard InChI is InChI=1S/C13H26BrNO/c1-11(2)12(8-14)9-15-7-5-6-13(3,10-15)16-4/h11-12H,5-10H2,1-4H3. The summed E-state index contributed by atoms with van der Waals surface area (Å²) in [5.41, 5.74) is 0.0755. The fourth-order valence-corrected chi connectivity index (χ4v) is 3.35. The van der Waals surface area contributed by atoms with Crippen molar-refractivity contribution in [2.75, 3.05) is 32.1 Å². The molecule has 0 bridgehead atoms. The summed E-state index contributed by atoms with van der Waals surface area (Å²) in [4.78, 5) is 2.57. The third kappa shape index (κ3) is 4.01. The molecule has 0 saturated carbocycles. The van der Waals surface area contributed by atoms with Crippen LogP contribution in [0.2, 0.25) is 0 Å². The Morgan fingerprint density at radius 3 is 2.62 bits per heavy atom. The normalized spacial score (nSPS) is 29.6. The Labute approximate surface area is 109 Å². The van der Waals surface area contributed by atoms with Crippen molar-refractivity contribution in [3.05, 3.63) is 0 Å². The Morgan fingerprint density at radius 1 is 1.44 bits per heavy atom. The van der Waals surface area contributed by atoms with Gasteiger partial charge in [-0.15, -0.1) is 0 Å². The fraction of sp³-hybridized carbons (Fsp3) is 1.00. The summed E-state index contributed by atoms with van der Waals surface area (Å²) in [5.74, 6) is 1.49. The highest BCUT2D eigenvalue weighted by atomic mass is 79.9. The molecule has 0 aromatic heterocycles. The lowest BCUT2D eigenvalue weighted by Crippen LogP contribution is -2.49. The molecule has 0 spiro atoms. The van der Waals surface area contributed by atoms with Crippen LogP contribution in [0.25, 0.3) is 0 Å². The molecule has 0 aromatic carbocycles. The van der Waals surface area contributed by atoms with Gasteiger partial charge in [-0.25, -0.2) is 0 Å². The summed E-state index contributed by atoms with van der Waals surface area (Å²) in [6.07, 6.45) is 2.46. The molecule has 0 aliphatic carbocycles. The maximum Gasteiger partial charge on any atom is 0.0777 e. The summed E-state index contributed by atoms with van der Waals surface area (Å²) in [5, 5.41) is 1.10. The second-order valence-electron chi connectivity index (χ2n) is 5.65. The fourth-order valence-electron chi connectivity index (χ4n) is 2.40. The number of ether oxygens (including phenoxy) is 1. The van der Waals surface area contributed by atoms with E-state index in [0.717, 1.165) is 23.7 Å². The molecular formula is C13H26BrNO. The first-order valence-electron chi connectivity index (χ1n) is 6.34. The van der Waals surface area contributed by atoms with Gasteiger partial charge in [0.15, 0.2) is 0 Å². The van der Waals surface area contributed by atoms with Crippen molar-refractivity contribution in [2.24, 2.45) is 11.8 Å². The number of alkyl halides is 1. The van der Waals surface area contributed by atoms with Gasteiger partial charge in [0.2, 0.25) is 0 Å². The van der Waals surface area contributed by atoms with Crippen LogP contribution in [0.5, 0.6) is 0 Å². The molecule has 2 unspecified atom stereocenters. The highest BCUT2D eigenvalue weighted by Crippen LogP contribution is 2.25. The van der Waals surface area contributed by atoms with Crippen LogP contribution < -0.4 is 0 Å². The smallest absolute Gasteiger partial charge is 0.0777 e. The van der Waals surface area contributed by atoms with Crippen LogP contribution in [-0.2, 0) is 4.74 Å². The summed E-state index contributed by atoms with van der Waals surface area (Å²) >= 11 is 3.63. The van der Waals surface area contributed by atoms with Crippen molar-refractivity contribution < 1.29 is 4.74 Å². The van der Waals surface area contributed by atoms with Crippen molar-refractivity contribution in [3.8, 4) is 0 Å². The van der Waals surface area contributed by atoms with Crippen molar-refractivity contribution in [1.29, 1.82) is 0 Å². The van der Waals surface area contributed by atoms with Gasteiger partial charge >= 0.3 is 0 Å². The molecule has 96 valence electrons. The Kier molecular flexibility index (Phi) is 5.75. The van der Waals surface area contributed by atoms with Crippen LogP contribution in [0.1, 0.15) is 33.6 Å². The monoisotopic (exact) mass is 291 g/mol. The highest BCUT2D eigenvalue weighted by molar-refractivity contribution is 9.09. The third-order valence-corrected chi connectivity index (χ3v) is 4.70. The maximum atomic E-state index is 5.63. The second kappa shape index (κ2) is 6.36. The molecule has 1 saturated heterocycles. The average molecular weight is 292 g/mol. The number of piperidine rings is 1. The quantitative estimate of drug-likeness (QED) is 0.722. The predicted molar refractivity (Wildman–Crippen MR) is 73.2 cm³/mol. The van der Waals surface area contributed by atoms with E-state index >= 15 is 0 Å². The molecule has 2 nitrogen and oxygen atoms in total. The van der Waals surface area contributed by atoms with Crippen LogP contribution >= 0.6 is 15.9 Å². The minimum Gasteiger partial charge on any atom is -0.377 e. The number of rotatable bonds is 5. The van der Waals surface area contributed by atoms with Crippen LogP contribution in [0.3, 0.4) is 0 Å². The van der Waals surface area contributed by atoms with E-state index in [9.17, 15) is 0 Å². The topological polar surface area (TPSA) is 12.5 Å². The third-order valence-electron chi connectivity index (χ3n) is 3.86. The van der Waals surface area contributed by atoms with Gasteiger partial charge in [-0.2, -0.15) is 0 Å². The molecule has 1 aliphatic heterocycles. The maximum absolute atomic E-state index is 5.63. The zero-order chi connectivity index (χ0) is 12.2. The van der Waals surface area contributed by atoms with Crippen LogP contribution in [0.4, 0.5) is 0 Å².